The molecule has 1 spiro atoms. The van der Waals surface area contributed by atoms with Gasteiger partial charge in [0.2, 0.25) is 0 Å². The van der Waals surface area contributed by atoms with E-state index in [1.165, 1.54) is 12.1 Å². The number of nitrogens with zero attached hydrogens (tertiary/aromatic N) is 1. The summed E-state index contributed by atoms with van der Waals surface area (Å²) in [6.45, 7) is 2.59. The van der Waals surface area contributed by atoms with Gasteiger partial charge in [-0.2, -0.15) is 0 Å². The summed E-state index contributed by atoms with van der Waals surface area (Å²) in [4.78, 5) is 14.0. The van der Waals surface area contributed by atoms with Crippen LogP contribution in [0.3, 0.4) is 0 Å². The third-order valence-corrected chi connectivity index (χ3v) is 5.01. The Hall–Kier alpha value is -1.50. The van der Waals surface area contributed by atoms with Crippen LogP contribution in [0.1, 0.15) is 36.5 Å². The molecular weight excluding hydrogens is 301 g/mol. The van der Waals surface area contributed by atoms with Gasteiger partial charge >= 0.3 is 0 Å². The van der Waals surface area contributed by atoms with E-state index in [1.54, 1.807) is 24.0 Å². The SMILES string of the molecule is C[C@]1(O)CC2(CCN(C(=O)c3ccccc3F)CC2)OCC1O. The number of amides is 1. The molecule has 1 aromatic rings. The summed E-state index contributed by atoms with van der Waals surface area (Å²) in [5, 5.41) is 20.1. The molecular formula is C17H22FNO4. The number of likely N-dealkylation sites (tertiary alicyclic amines) is 1. The zero-order chi connectivity index (χ0) is 16.7. The Morgan fingerprint density at radius 3 is 2.61 bits per heavy atom. The molecule has 0 radical (unpaired) electrons. The maximum atomic E-state index is 13.8. The summed E-state index contributed by atoms with van der Waals surface area (Å²) in [6.07, 6.45) is 0.570. The number of ether oxygens (including phenoxy) is 1. The van der Waals surface area contributed by atoms with Crippen molar-refractivity contribution in [3.05, 3.63) is 35.6 Å². The van der Waals surface area contributed by atoms with Crippen LogP contribution in [0.15, 0.2) is 24.3 Å². The van der Waals surface area contributed by atoms with E-state index < -0.39 is 23.1 Å². The normalized spacial score (nSPS) is 30.4. The van der Waals surface area contributed by atoms with Crippen LogP contribution in [0.25, 0.3) is 0 Å². The van der Waals surface area contributed by atoms with Crippen molar-refractivity contribution in [1.82, 2.24) is 4.90 Å². The topological polar surface area (TPSA) is 70.0 Å². The van der Waals surface area contributed by atoms with E-state index in [0.717, 1.165) is 0 Å². The number of carbonyl (C=O) groups is 1. The third-order valence-electron chi connectivity index (χ3n) is 5.01. The van der Waals surface area contributed by atoms with Crippen molar-refractivity contribution in [2.75, 3.05) is 19.7 Å². The van der Waals surface area contributed by atoms with Crippen molar-refractivity contribution in [3.8, 4) is 0 Å². The van der Waals surface area contributed by atoms with Gasteiger partial charge in [-0.15, -0.1) is 0 Å². The summed E-state index contributed by atoms with van der Waals surface area (Å²) in [7, 11) is 0. The fourth-order valence-electron chi connectivity index (χ4n) is 3.50. The second kappa shape index (κ2) is 5.85. The molecule has 126 valence electrons. The second-order valence-corrected chi connectivity index (χ2v) is 6.82. The molecule has 2 N–H and O–H groups in total. The van der Waals surface area contributed by atoms with E-state index in [9.17, 15) is 19.4 Å². The third kappa shape index (κ3) is 3.11. The molecule has 0 aromatic heterocycles. The van der Waals surface area contributed by atoms with E-state index in [4.69, 9.17) is 4.74 Å². The first-order chi connectivity index (χ1) is 10.8. The molecule has 0 saturated carbocycles. The van der Waals surface area contributed by atoms with Gasteiger partial charge in [-0.25, -0.2) is 4.39 Å². The van der Waals surface area contributed by atoms with E-state index >= 15 is 0 Å². The number of aliphatic hydroxyl groups is 2. The maximum Gasteiger partial charge on any atom is 0.256 e. The first kappa shape index (κ1) is 16.4. The number of hydrogen-bond donors (Lipinski definition) is 2. The minimum absolute atomic E-state index is 0.0791. The van der Waals surface area contributed by atoms with Crippen LogP contribution in [0.4, 0.5) is 4.39 Å². The molecule has 2 aliphatic rings. The van der Waals surface area contributed by atoms with E-state index in [2.05, 4.69) is 0 Å². The number of piperidine rings is 1. The Morgan fingerprint density at radius 2 is 2.00 bits per heavy atom. The molecule has 2 saturated heterocycles. The zero-order valence-electron chi connectivity index (χ0n) is 13.2. The van der Waals surface area contributed by atoms with E-state index in [1.807, 2.05) is 0 Å². The van der Waals surface area contributed by atoms with Gasteiger partial charge in [0, 0.05) is 19.5 Å². The lowest BCUT2D eigenvalue weighted by Gasteiger charge is -2.49. The summed E-state index contributed by atoms with van der Waals surface area (Å²) in [5.74, 6) is -0.835. The Bertz CT molecular complexity index is 596. The highest BCUT2D eigenvalue weighted by molar-refractivity contribution is 5.94. The van der Waals surface area contributed by atoms with Crippen LogP contribution in [-0.2, 0) is 4.74 Å². The zero-order valence-corrected chi connectivity index (χ0v) is 13.2. The molecule has 5 nitrogen and oxygen atoms in total. The summed E-state index contributed by atoms with van der Waals surface area (Å²) >= 11 is 0. The Balaban J connectivity index is 1.67. The highest BCUT2D eigenvalue weighted by Crippen LogP contribution is 2.39. The van der Waals surface area contributed by atoms with Gasteiger partial charge in [-0.3, -0.25) is 4.79 Å². The predicted molar refractivity (Wildman–Crippen MR) is 81.5 cm³/mol. The number of benzene rings is 1. The van der Waals surface area contributed by atoms with Crippen LogP contribution < -0.4 is 0 Å². The maximum absolute atomic E-state index is 13.8. The van der Waals surface area contributed by atoms with Crippen molar-refractivity contribution in [2.24, 2.45) is 0 Å². The molecule has 23 heavy (non-hydrogen) atoms. The van der Waals surface area contributed by atoms with Crippen molar-refractivity contribution in [2.45, 2.75) is 43.5 Å². The number of aliphatic hydroxyl groups excluding tert-OH is 1. The molecule has 2 aliphatic heterocycles. The fourth-order valence-corrected chi connectivity index (χ4v) is 3.50. The molecule has 1 unspecified atom stereocenters. The summed E-state index contributed by atoms with van der Waals surface area (Å²) < 4.78 is 19.5. The number of hydrogen-bond acceptors (Lipinski definition) is 4. The minimum atomic E-state index is -1.18. The predicted octanol–water partition coefficient (Wildman–Crippen LogP) is 1.33. The Morgan fingerprint density at radius 1 is 1.35 bits per heavy atom. The summed E-state index contributed by atoms with van der Waals surface area (Å²) in [6, 6.07) is 5.97. The molecule has 2 fully saturated rings. The lowest BCUT2D eigenvalue weighted by Crippen LogP contribution is -2.59. The van der Waals surface area contributed by atoms with E-state index in [0.29, 0.717) is 32.4 Å². The standard InChI is InChI=1S/C17H22FNO4/c1-16(22)11-17(23-10-14(16)20)6-8-19(9-7-17)15(21)12-4-2-3-5-13(12)18/h2-5,14,20,22H,6-11H2,1H3/t14?,16-/m0/s1. The smallest absolute Gasteiger partial charge is 0.256 e. The quantitative estimate of drug-likeness (QED) is 0.818. The van der Waals surface area contributed by atoms with Crippen LogP contribution in [0.2, 0.25) is 0 Å². The number of carbonyl (C=O) groups excluding carboxylic acids is 1. The highest BCUT2D eigenvalue weighted by atomic mass is 19.1. The molecule has 2 heterocycles. The first-order valence-electron chi connectivity index (χ1n) is 7.91. The van der Waals surface area contributed by atoms with Crippen molar-refractivity contribution < 1.29 is 24.1 Å². The van der Waals surface area contributed by atoms with Gasteiger partial charge < -0.3 is 19.8 Å². The Labute approximate surface area is 134 Å². The average molecular weight is 323 g/mol. The van der Waals surface area contributed by atoms with Gasteiger partial charge in [0.1, 0.15) is 11.9 Å². The van der Waals surface area contributed by atoms with Gasteiger partial charge in [0.15, 0.2) is 0 Å². The van der Waals surface area contributed by atoms with Gasteiger partial charge in [-0.05, 0) is 31.9 Å². The Kier molecular flexibility index (Phi) is 4.16. The van der Waals surface area contributed by atoms with Gasteiger partial charge in [0.25, 0.3) is 5.91 Å². The lowest BCUT2D eigenvalue weighted by molar-refractivity contribution is -0.221. The fraction of sp³-hybridized carbons (Fsp3) is 0.588. The molecule has 1 aromatic carbocycles. The summed E-state index contributed by atoms with van der Waals surface area (Å²) in [5.41, 5.74) is -1.62. The van der Waals surface area contributed by atoms with Crippen LogP contribution in [0, 0.1) is 5.82 Å². The molecule has 3 rings (SSSR count). The number of halogens is 1. The highest BCUT2D eigenvalue weighted by Gasteiger charge is 2.49. The molecule has 2 atom stereocenters. The van der Waals surface area contributed by atoms with Crippen molar-refractivity contribution in [1.29, 1.82) is 0 Å². The van der Waals surface area contributed by atoms with Gasteiger partial charge in [0.05, 0.1) is 23.4 Å². The monoisotopic (exact) mass is 323 g/mol. The molecule has 0 bridgehead atoms. The largest absolute Gasteiger partial charge is 0.388 e. The lowest BCUT2D eigenvalue weighted by atomic mass is 9.76. The minimum Gasteiger partial charge on any atom is -0.388 e. The van der Waals surface area contributed by atoms with Crippen molar-refractivity contribution in [3.63, 3.8) is 0 Å². The van der Waals surface area contributed by atoms with Crippen molar-refractivity contribution >= 4 is 5.91 Å². The first-order valence-corrected chi connectivity index (χ1v) is 7.91. The molecule has 6 heteroatoms. The number of rotatable bonds is 1. The average Bonchev–Trinajstić information content (AvgIpc) is 2.52. The van der Waals surface area contributed by atoms with Crippen LogP contribution in [-0.4, -0.2) is 58.0 Å². The van der Waals surface area contributed by atoms with Crippen LogP contribution in [0.5, 0.6) is 0 Å². The molecule has 0 aliphatic carbocycles. The molecule has 1 amide bonds. The van der Waals surface area contributed by atoms with E-state index in [-0.39, 0.29) is 18.1 Å². The second-order valence-electron chi connectivity index (χ2n) is 6.82. The van der Waals surface area contributed by atoms with Gasteiger partial charge in [-0.1, -0.05) is 12.1 Å². The van der Waals surface area contributed by atoms with Crippen LogP contribution >= 0.6 is 0 Å².